The van der Waals surface area contributed by atoms with Crippen molar-refractivity contribution in [3.05, 3.63) is 101 Å². The van der Waals surface area contributed by atoms with Gasteiger partial charge in [0.1, 0.15) is 5.82 Å². The molecule has 1 N–H and O–H groups in total. The molecule has 0 spiro atoms. The normalized spacial score (nSPS) is 13.0. The molecule has 0 radical (unpaired) electrons. The van der Waals surface area contributed by atoms with E-state index in [1.54, 1.807) is 29.4 Å². The number of hydrogen-bond donors (Lipinski definition) is 1. The highest BCUT2D eigenvalue weighted by Gasteiger charge is 2.26. The average Bonchev–Trinajstić information content (AvgIpc) is 3.30. The molecule has 170 valence electrons. The molecule has 8 heteroatoms. The summed E-state index contributed by atoms with van der Waals surface area (Å²) in [6, 6.07) is 20.5. The zero-order valence-electron chi connectivity index (χ0n) is 18.3. The predicted octanol–water partition coefficient (Wildman–Crippen LogP) is 4.47. The topological polar surface area (TPSA) is 80.1 Å². The minimum atomic E-state index is -0.159. The molecule has 3 heterocycles. The van der Waals surface area contributed by atoms with E-state index in [9.17, 15) is 9.59 Å². The van der Waals surface area contributed by atoms with Crippen LogP contribution in [0, 0.1) is 0 Å². The lowest BCUT2D eigenvalue weighted by Crippen LogP contribution is -2.36. The Labute approximate surface area is 202 Å². The third-order valence-electron chi connectivity index (χ3n) is 5.73. The Morgan fingerprint density at radius 3 is 2.65 bits per heavy atom. The van der Waals surface area contributed by atoms with Gasteiger partial charge < -0.3 is 5.32 Å². The van der Waals surface area contributed by atoms with Crippen LogP contribution in [0.15, 0.2) is 79.1 Å². The van der Waals surface area contributed by atoms with Crippen molar-refractivity contribution < 1.29 is 9.59 Å². The molecule has 0 unspecified atom stereocenters. The van der Waals surface area contributed by atoms with Crippen LogP contribution in [0.2, 0.25) is 5.02 Å². The van der Waals surface area contributed by atoms with E-state index >= 15 is 0 Å². The third kappa shape index (κ3) is 4.70. The van der Waals surface area contributed by atoms with Gasteiger partial charge in [-0.1, -0.05) is 41.9 Å². The number of hydrogen-bond acceptors (Lipinski definition) is 4. The first-order chi connectivity index (χ1) is 16.6. The van der Waals surface area contributed by atoms with Gasteiger partial charge in [-0.15, -0.1) is 0 Å². The lowest BCUT2D eigenvalue weighted by molar-refractivity contribution is -0.119. The molecular formula is C26H22ClN5O2. The molecule has 2 aromatic heterocycles. The summed E-state index contributed by atoms with van der Waals surface area (Å²) in [6.45, 7) is 1.36. The van der Waals surface area contributed by atoms with E-state index in [1.807, 2.05) is 59.3 Å². The second-order valence-corrected chi connectivity index (χ2v) is 8.53. The van der Waals surface area contributed by atoms with Crippen LogP contribution in [-0.2, 0) is 24.4 Å². The Kier molecular flexibility index (Phi) is 6.10. The minimum Gasteiger partial charge on any atom is -0.348 e. The summed E-state index contributed by atoms with van der Waals surface area (Å²) in [6.07, 6.45) is 3.81. The fourth-order valence-electron chi connectivity index (χ4n) is 3.94. The maximum Gasteiger partial charge on any atom is 0.251 e. The first-order valence-corrected chi connectivity index (χ1v) is 11.3. The number of carbonyl (C=O) groups is 2. The van der Waals surface area contributed by atoms with Crippen molar-refractivity contribution >= 4 is 29.2 Å². The maximum absolute atomic E-state index is 12.8. The van der Waals surface area contributed by atoms with Crippen molar-refractivity contribution in [2.45, 2.75) is 26.1 Å². The monoisotopic (exact) mass is 471 g/mol. The van der Waals surface area contributed by atoms with Gasteiger partial charge in [0.05, 0.1) is 18.8 Å². The summed E-state index contributed by atoms with van der Waals surface area (Å²) in [7, 11) is 0. The van der Waals surface area contributed by atoms with E-state index in [2.05, 4.69) is 15.4 Å². The highest BCUT2D eigenvalue weighted by molar-refractivity contribution is 6.30. The summed E-state index contributed by atoms with van der Waals surface area (Å²) in [5.41, 5.74) is 4.10. The summed E-state index contributed by atoms with van der Waals surface area (Å²) < 4.78 is 1.86. The molecule has 0 aliphatic carbocycles. The van der Waals surface area contributed by atoms with Crippen LogP contribution < -0.4 is 10.2 Å². The van der Waals surface area contributed by atoms with Gasteiger partial charge in [0, 0.05) is 47.6 Å². The number of fused-ring (bicyclic) bond motifs is 1. The van der Waals surface area contributed by atoms with E-state index in [1.165, 1.54) is 0 Å². The van der Waals surface area contributed by atoms with E-state index < -0.39 is 0 Å². The van der Waals surface area contributed by atoms with E-state index in [4.69, 9.17) is 11.6 Å². The Bertz CT molecular complexity index is 1340. The van der Waals surface area contributed by atoms with Crippen LogP contribution in [0.25, 0.3) is 11.3 Å². The number of aromatic nitrogens is 3. The number of pyridine rings is 1. The van der Waals surface area contributed by atoms with Crippen molar-refractivity contribution in [3.8, 4) is 11.3 Å². The minimum absolute atomic E-state index is 0.0448. The second kappa shape index (κ2) is 9.49. The first kappa shape index (κ1) is 21.9. The number of nitrogens with zero attached hydrogens (tertiary/aromatic N) is 4. The van der Waals surface area contributed by atoms with Crippen LogP contribution in [0.4, 0.5) is 5.82 Å². The molecular weight excluding hydrogens is 450 g/mol. The van der Waals surface area contributed by atoms with Gasteiger partial charge in [-0.25, -0.2) is 4.68 Å². The molecule has 0 atom stereocenters. The Morgan fingerprint density at radius 2 is 1.88 bits per heavy atom. The molecule has 1 aliphatic rings. The van der Waals surface area contributed by atoms with Crippen LogP contribution in [0.3, 0.4) is 0 Å². The molecule has 1 aliphatic heterocycles. The van der Waals surface area contributed by atoms with Gasteiger partial charge in [-0.05, 0) is 41.5 Å². The summed E-state index contributed by atoms with van der Waals surface area (Å²) in [5.74, 6) is 0.640. The number of benzene rings is 2. The number of amides is 2. The van der Waals surface area contributed by atoms with Crippen LogP contribution in [0.5, 0.6) is 0 Å². The quantitative estimate of drug-likeness (QED) is 0.450. The number of rotatable bonds is 6. The van der Waals surface area contributed by atoms with Crippen molar-refractivity contribution in [2.24, 2.45) is 0 Å². The van der Waals surface area contributed by atoms with Crippen LogP contribution in [0.1, 0.15) is 27.9 Å². The Morgan fingerprint density at radius 1 is 1.03 bits per heavy atom. The molecule has 0 bridgehead atoms. The molecule has 34 heavy (non-hydrogen) atoms. The van der Waals surface area contributed by atoms with Gasteiger partial charge in [-0.3, -0.25) is 19.5 Å². The number of aryl methyl sites for hydroxylation is 1. The first-order valence-electron chi connectivity index (χ1n) is 11.0. The smallest absolute Gasteiger partial charge is 0.251 e. The van der Waals surface area contributed by atoms with E-state index in [0.717, 1.165) is 28.2 Å². The van der Waals surface area contributed by atoms with E-state index in [0.29, 0.717) is 36.6 Å². The zero-order valence-corrected chi connectivity index (χ0v) is 19.1. The van der Waals surface area contributed by atoms with Gasteiger partial charge in [-0.2, -0.15) is 5.10 Å². The summed E-state index contributed by atoms with van der Waals surface area (Å²) >= 11 is 6.14. The maximum atomic E-state index is 12.8. The Balaban J connectivity index is 1.30. The van der Waals surface area contributed by atoms with Gasteiger partial charge in [0.15, 0.2) is 0 Å². The predicted molar refractivity (Wildman–Crippen MR) is 130 cm³/mol. The van der Waals surface area contributed by atoms with Crippen molar-refractivity contribution in [2.75, 3.05) is 4.90 Å². The number of carbonyl (C=O) groups excluding carboxylic acids is 2. The molecule has 0 saturated carbocycles. The number of anilines is 1. The van der Waals surface area contributed by atoms with Crippen LogP contribution >= 0.6 is 11.6 Å². The zero-order chi connectivity index (χ0) is 23.5. The largest absolute Gasteiger partial charge is 0.348 e. The average molecular weight is 472 g/mol. The molecule has 4 aromatic rings. The van der Waals surface area contributed by atoms with Crippen LogP contribution in [-0.4, -0.2) is 26.6 Å². The molecule has 7 nitrogen and oxygen atoms in total. The summed E-state index contributed by atoms with van der Waals surface area (Å²) in [4.78, 5) is 31.0. The molecule has 0 saturated heterocycles. The highest BCUT2D eigenvalue weighted by atomic mass is 35.5. The fourth-order valence-corrected chi connectivity index (χ4v) is 4.13. The number of nitrogens with one attached hydrogen (secondary N) is 1. The molecule has 0 fully saturated rings. The standard InChI is InChI=1S/C26H22ClN5O2/c27-22-5-1-4-21(13-22)23-14-24-31(25(33)10-12-32(24)30-23)17-18-6-8-20(9-7-18)26(34)29-16-19-3-2-11-28-15-19/h1-9,11,13-15H,10,12,16-17H2,(H,29,34). The molecule has 2 amide bonds. The van der Waals surface area contributed by atoms with Crippen molar-refractivity contribution in [1.82, 2.24) is 20.1 Å². The summed E-state index contributed by atoms with van der Waals surface area (Å²) in [5, 5.41) is 8.21. The van der Waals surface area contributed by atoms with Crippen molar-refractivity contribution in [3.63, 3.8) is 0 Å². The Hall–Kier alpha value is -3.97. The lowest BCUT2D eigenvalue weighted by Gasteiger charge is -2.27. The molecule has 5 rings (SSSR count). The van der Waals surface area contributed by atoms with Gasteiger partial charge in [0.2, 0.25) is 5.91 Å². The third-order valence-corrected chi connectivity index (χ3v) is 5.96. The number of halogens is 1. The van der Waals surface area contributed by atoms with E-state index in [-0.39, 0.29) is 11.8 Å². The second-order valence-electron chi connectivity index (χ2n) is 8.09. The highest BCUT2D eigenvalue weighted by Crippen LogP contribution is 2.30. The van der Waals surface area contributed by atoms with Gasteiger partial charge >= 0.3 is 0 Å². The van der Waals surface area contributed by atoms with Crippen molar-refractivity contribution in [1.29, 1.82) is 0 Å². The lowest BCUT2D eigenvalue weighted by atomic mass is 10.1. The van der Waals surface area contributed by atoms with Gasteiger partial charge in [0.25, 0.3) is 5.91 Å². The SMILES string of the molecule is O=C(NCc1cccnc1)c1ccc(CN2C(=O)CCn3nc(-c4cccc(Cl)c4)cc32)cc1. The molecule has 2 aromatic carbocycles. The fraction of sp³-hybridized carbons (Fsp3) is 0.154.